The second-order valence-electron chi connectivity index (χ2n) is 17.3. The molecule has 0 radical (unpaired) electrons. The zero-order valence-corrected chi connectivity index (χ0v) is 27.3. The van der Waals surface area contributed by atoms with Crippen LogP contribution < -0.4 is 0 Å². The molecule has 4 bridgehead atoms. The number of aromatic hydroxyl groups is 2. The van der Waals surface area contributed by atoms with Crippen LogP contribution >= 0.6 is 0 Å². The minimum Gasteiger partial charge on any atom is -0.508 e. The largest absolute Gasteiger partial charge is 0.508 e. The summed E-state index contributed by atoms with van der Waals surface area (Å²) in [5, 5.41) is 48.1. The van der Waals surface area contributed by atoms with Crippen LogP contribution in [0.15, 0.2) is 36.4 Å². The van der Waals surface area contributed by atoms with Gasteiger partial charge in [0.15, 0.2) is 0 Å². The van der Waals surface area contributed by atoms with Gasteiger partial charge in [0.2, 0.25) is 0 Å². The van der Waals surface area contributed by atoms with Crippen LogP contribution in [0.25, 0.3) is 0 Å². The van der Waals surface area contributed by atoms with E-state index in [4.69, 9.17) is 0 Å². The standard InChI is InChI=1S/C40H47N3O4/c44-27-7-5-25-13-35-39(46)17-29-30-18-40(47)36-14-26-6-8-28(45)16-32(26)38(40,10-12-43(36)22-24-3-4-24)20-34(30)41-33(29)19-37(39,31(25)15-27)9-11-42(35)21-23-1-2-23/h5-8,15-16,23-24,35-36,41,44-47H,1-4,9-14,17-22H2/t35-,36-,37-,38-,39-,40-/m1/s1. The number of piperidine rings is 2. The van der Waals surface area contributed by atoms with E-state index in [0.717, 1.165) is 87.7 Å². The number of phenolic OH excluding ortho intramolecular Hbond substituents is 2. The number of phenols is 2. The Morgan fingerprint density at radius 3 is 1.51 bits per heavy atom. The maximum Gasteiger partial charge on any atom is 0.115 e. The monoisotopic (exact) mass is 633 g/mol. The molecule has 7 nitrogen and oxygen atoms in total. The number of nitrogens with one attached hydrogen (secondary N) is 1. The molecule has 3 heterocycles. The minimum atomic E-state index is -0.944. The highest BCUT2D eigenvalue weighted by molar-refractivity contribution is 5.58. The minimum absolute atomic E-state index is 0.0450. The molecular weight excluding hydrogens is 586 g/mol. The van der Waals surface area contributed by atoms with Crippen LogP contribution in [0.1, 0.15) is 83.3 Å². The quantitative estimate of drug-likeness (QED) is 0.297. The number of H-pyrrole nitrogens is 1. The summed E-state index contributed by atoms with van der Waals surface area (Å²) in [6.07, 6.45) is 11.2. The summed E-state index contributed by atoms with van der Waals surface area (Å²) in [6.45, 7) is 4.11. The van der Waals surface area contributed by atoms with Gasteiger partial charge >= 0.3 is 0 Å². The molecule has 47 heavy (non-hydrogen) atoms. The Kier molecular flexibility index (Phi) is 5.39. The van der Waals surface area contributed by atoms with Crippen LogP contribution in [0.5, 0.6) is 11.5 Å². The van der Waals surface area contributed by atoms with Crippen molar-refractivity contribution in [2.45, 2.75) is 111 Å². The van der Waals surface area contributed by atoms with Gasteiger partial charge in [-0.2, -0.15) is 0 Å². The fourth-order valence-electron chi connectivity index (χ4n) is 12.3. The van der Waals surface area contributed by atoms with Crippen molar-refractivity contribution in [2.24, 2.45) is 11.8 Å². The molecule has 1 aromatic heterocycles. The highest BCUT2D eigenvalue weighted by atomic mass is 16.3. The lowest BCUT2D eigenvalue weighted by atomic mass is 9.47. The Labute approximate surface area is 276 Å². The van der Waals surface area contributed by atoms with Crippen molar-refractivity contribution in [1.82, 2.24) is 14.8 Å². The number of aromatic amines is 1. The van der Waals surface area contributed by atoms with Gasteiger partial charge in [0, 0.05) is 73.1 Å². The first-order chi connectivity index (χ1) is 22.7. The first kappa shape index (κ1) is 28.0. The summed E-state index contributed by atoms with van der Waals surface area (Å²) in [5.41, 5.74) is 6.98. The molecule has 2 saturated carbocycles. The van der Waals surface area contributed by atoms with E-state index in [9.17, 15) is 20.4 Å². The first-order valence-corrected chi connectivity index (χ1v) is 18.5. The Morgan fingerprint density at radius 1 is 0.638 bits per heavy atom. The number of benzene rings is 2. The van der Waals surface area contributed by atoms with Crippen molar-refractivity contribution in [3.8, 4) is 11.5 Å². The maximum atomic E-state index is 13.3. The average Bonchev–Trinajstić information content (AvgIpc) is 3.98. The van der Waals surface area contributed by atoms with Crippen molar-refractivity contribution in [1.29, 1.82) is 0 Å². The molecule has 6 atom stereocenters. The number of fused-ring (bicyclic) bond motifs is 5. The Bertz CT molecular complexity index is 1710. The normalized spacial score (nSPS) is 38.4. The molecule has 7 heteroatoms. The van der Waals surface area contributed by atoms with E-state index in [2.05, 4.69) is 26.9 Å². The van der Waals surface area contributed by atoms with Gasteiger partial charge in [0.05, 0.1) is 11.2 Å². The molecule has 2 aromatic carbocycles. The zero-order chi connectivity index (χ0) is 31.5. The van der Waals surface area contributed by atoms with Crippen LogP contribution in [0.2, 0.25) is 0 Å². The van der Waals surface area contributed by atoms with Crippen molar-refractivity contribution >= 4 is 0 Å². The molecule has 11 rings (SSSR count). The molecule has 3 aromatic rings. The van der Waals surface area contributed by atoms with E-state index >= 15 is 0 Å². The van der Waals surface area contributed by atoms with Crippen molar-refractivity contribution in [2.75, 3.05) is 26.2 Å². The van der Waals surface area contributed by atoms with Crippen molar-refractivity contribution in [3.63, 3.8) is 0 Å². The molecule has 0 spiro atoms. The van der Waals surface area contributed by atoms with E-state index in [0.29, 0.717) is 12.8 Å². The van der Waals surface area contributed by atoms with Crippen LogP contribution in [0.3, 0.4) is 0 Å². The molecular formula is C40H47N3O4. The molecule has 2 aliphatic heterocycles. The Morgan fingerprint density at radius 2 is 1.09 bits per heavy atom. The van der Waals surface area contributed by atoms with Gasteiger partial charge in [-0.25, -0.2) is 0 Å². The summed E-state index contributed by atoms with van der Waals surface area (Å²) in [7, 11) is 0. The highest BCUT2D eigenvalue weighted by Crippen LogP contribution is 2.62. The summed E-state index contributed by atoms with van der Waals surface area (Å²) in [4.78, 5) is 9.20. The Balaban J connectivity index is 1.06. The summed E-state index contributed by atoms with van der Waals surface area (Å²) in [6, 6.07) is 11.9. The zero-order valence-electron chi connectivity index (χ0n) is 27.3. The molecule has 0 unspecified atom stereocenters. The number of nitrogens with zero attached hydrogens (tertiary/aromatic N) is 2. The lowest BCUT2D eigenvalue weighted by Gasteiger charge is -2.64. The third-order valence-corrected chi connectivity index (χ3v) is 15.0. The molecule has 6 aliphatic carbocycles. The molecule has 0 amide bonds. The molecule has 2 saturated heterocycles. The smallest absolute Gasteiger partial charge is 0.115 e. The van der Waals surface area contributed by atoms with E-state index in [1.165, 1.54) is 59.3 Å². The number of aliphatic hydroxyl groups is 2. The summed E-state index contributed by atoms with van der Waals surface area (Å²) >= 11 is 0. The van der Waals surface area contributed by atoms with Crippen molar-refractivity contribution < 1.29 is 20.4 Å². The lowest BCUT2D eigenvalue weighted by Crippen LogP contribution is -2.75. The van der Waals surface area contributed by atoms with Gasteiger partial charge in [0.25, 0.3) is 0 Å². The second-order valence-corrected chi connectivity index (χ2v) is 17.3. The number of likely N-dealkylation sites (tertiary alicyclic amines) is 2. The second kappa shape index (κ2) is 9.03. The van der Waals surface area contributed by atoms with Crippen molar-refractivity contribution in [3.05, 3.63) is 81.2 Å². The van der Waals surface area contributed by atoms with Gasteiger partial charge in [0.1, 0.15) is 11.5 Å². The maximum absolute atomic E-state index is 13.3. The lowest BCUT2D eigenvalue weighted by molar-refractivity contribution is -0.155. The van der Waals surface area contributed by atoms with E-state index in [1.54, 1.807) is 0 Å². The van der Waals surface area contributed by atoms with E-state index in [-0.39, 0.29) is 23.6 Å². The predicted molar refractivity (Wildman–Crippen MR) is 178 cm³/mol. The topological polar surface area (TPSA) is 103 Å². The average molecular weight is 634 g/mol. The third kappa shape index (κ3) is 3.57. The summed E-state index contributed by atoms with van der Waals surface area (Å²) < 4.78 is 0. The SMILES string of the molecule is Oc1ccc2c(c1)[C@]13CCN(CC4CC4)[C@H](C2)[C@]1(O)Cc1c([nH]c2c1C[C@@]1(O)[C@H]4Cc5ccc(O)cc5[C@@]1(CCN4CC1CC1)C2)C3. The fraction of sp³-hybridized carbons (Fsp3) is 0.600. The molecule has 246 valence electrons. The van der Waals surface area contributed by atoms with Gasteiger partial charge in [-0.15, -0.1) is 0 Å². The Hall–Kier alpha value is -2.84. The van der Waals surface area contributed by atoms with Gasteiger partial charge in [-0.1, -0.05) is 12.1 Å². The van der Waals surface area contributed by atoms with Gasteiger partial charge < -0.3 is 25.4 Å². The molecule has 5 N–H and O–H groups in total. The number of aromatic nitrogens is 1. The van der Waals surface area contributed by atoms with Crippen LogP contribution in [-0.2, 0) is 49.4 Å². The predicted octanol–water partition coefficient (Wildman–Crippen LogP) is 4.04. The number of hydrogen-bond acceptors (Lipinski definition) is 6. The highest BCUT2D eigenvalue weighted by Gasteiger charge is 2.68. The van der Waals surface area contributed by atoms with Gasteiger partial charge in [-0.05, 0) is 134 Å². The summed E-state index contributed by atoms with van der Waals surface area (Å²) in [5.74, 6) is 2.07. The molecule has 4 fully saturated rings. The van der Waals surface area contributed by atoms with Crippen LogP contribution in [0, 0.1) is 11.8 Å². The third-order valence-electron chi connectivity index (χ3n) is 15.0. The molecule has 8 aliphatic rings. The van der Waals surface area contributed by atoms with Crippen LogP contribution in [0.4, 0.5) is 0 Å². The van der Waals surface area contributed by atoms with Gasteiger partial charge in [-0.3, -0.25) is 9.80 Å². The fourth-order valence-corrected chi connectivity index (χ4v) is 12.3. The number of rotatable bonds is 4. The van der Waals surface area contributed by atoms with E-state index in [1.807, 2.05) is 24.3 Å². The number of hydrogen-bond donors (Lipinski definition) is 5. The first-order valence-electron chi connectivity index (χ1n) is 18.5. The van der Waals surface area contributed by atoms with E-state index < -0.39 is 22.0 Å². The van der Waals surface area contributed by atoms with Crippen LogP contribution in [-0.4, -0.2) is 84.7 Å².